The van der Waals surface area contributed by atoms with Gasteiger partial charge in [0.05, 0.1) is 6.54 Å². The van der Waals surface area contributed by atoms with Gasteiger partial charge in [0.25, 0.3) is 0 Å². The van der Waals surface area contributed by atoms with Gasteiger partial charge in [-0.15, -0.1) is 0 Å². The molecule has 0 atom stereocenters. The molecule has 3 rings (SSSR count). The summed E-state index contributed by atoms with van der Waals surface area (Å²) < 4.78 is 5.17. The fourth-order valence-electron chi connectivity index (χ4n) is 2.39. The van der Waals surface area contributed by atoms with Crippen molar-refractivity contribution in [3.63, 3.8) is 0 Å². The van der Waals surface area contributed by atoms with Gasteiger partial charge < -0.3 is 9.84 Å². The van der Waals surface area contributed by atoms with Gasteiger partial charge in [-0.2, -0.15) is 4.98 Å². The molecule has 1 aromatic heterocycles. The first-order valence-electron chi connectivity index (χ1n) is 8.00. The van der Waals surface area contributed by atoms with Crippen LogP contribution < -0.4 is 5.32 Å². The van der Waals surface area contributed by atoms with Crippen LogP contribution in [0.4, 0.5) is 0 Å². The Kier molecular flexibility index (Phi) is 5.35. The third kappa shape index (κ3) is 4.52. The van der Waals surface area contributed by atoms with Crippen LogP contribution in [-0.4, -0.2) is 16.0 Å². The van der Waals surface area contributed by atoms with Gasteiger partial charge in [-0.05, 0) is 18.4 Å². The highest BCUT2D eigenvalue weighted by molar-refractivity contribution is 5.75. The predicted molar refractivity (Wildman–Crippen MR) is 91.0 cm³/mol. The fourth-order valence-corrected chi connectivity index (χ4v) is 2.39. The zero-order valence-corrected chi connectivity index (χ0v) is 13.3. The predicted octanol–water partition coefficient (Wildman–Crippen LogP) is 3.38. The molecule has 24 heavy (non-hydrogen) atoms. The van der Waals surface area contributed by atoms with Crippen LogP contribution in [0.2, 0.25) is 0 Å². The molecule has 0 aliphatic rings. The van der Waals surface area contributed by atoms with Gasteiger partial charge in [0.2, 0.25) is 17.6 Å². The number of aryl methyl sites for hydroxylation is 1. The minimum absolute atomic E-state index is 0.00890. The number of nitrogens with zero attached hydrogens (tertiary/aromatic N) is 2. The van der Waals surface area contributed by atoms with E-state index in [0.717, 1.165) is 18.4 Å². The Hall–Kier alpha value is -2.95. The molecule has 0 saturated heterocycles. The molecule has 0 bridgehead atoms. The molecule has 0 saturated carbocycles. The summed E-state index contributed by atoms with van der Waals surface area (Å²) in [5.74, 6) is 0.930. The Morgan fingerprint density at radius 1 is 1.00 bits per heavy atom. The highest BCUT2D eigenvalue weighted by atomic mass is 16.5. The minimum Gasteiger partial charge on any atom is -0.347 e. The van der Waals surface area contributed by atoms with Gasteiger partial charge in [-0.1, -0.05) is 65.8 Å². The first-order valence-corrected chi connectivity index (χ1v) is 8.00. The Morgan fingerprint density at radius 3 is 2.46 bits per heavy atom. The van der Waals surface area contributed by atoms with E-state index in [9.17, 15) is 4.79 Å². The van der Waals surface area contributed by atoms with Crippen LogP contribution in [0, 0.1) is 0 Å². The molecule has 0 radical (unpaired) electrons. The highest BCUT2D eigenvalue weighted by Crippen LogP contribution is 2.14. The minimum atomic E-state index is -0.00890. The average molecular weight is 321 g/mol. The smallest absolute Gasteiger partial charge is 0.246 e. The van der Waals surface area contributed by atoms with E-state index in [1.165, 1.54) is 5.56 Å². The lowest BCUT2D eigenvalue weighted by atomic mass is 10.1. The van der Waals surface area contributed by atoms with E-state index in [1.807, 2.05) is 48.5 Å². The van der Waals surface area contributed by atoms with E-state index < -0.39 is 0 Å². The van der Waals surface area contributed by atoms with Crippen LogP contribution in [0.5, 0.6) is 0 Å². The van der Waals surface area contributed by atoms with Crippen LogP contribution in [-0.2, 0) is 17.8 Å². The monoisotopic (exact) mass is 321 g/mol. The van der Waals surface area contributed by atoms with Gasteiger partial charge >= 0.3 is 0 Å². The quantitative estimate of drug-likeness (QED) is 0.724. The van der Waals surface area contributed by atoms with Crippen LogP contribution in [0.3, 0.4) is 0 Å². The van der Waals surface area contributed by atoms with Crippen LogP contribution in [0.15, 0.2) is 65.2 Å². The molecule has 5 nitrogen and oxygen atoms in total. The highest BCUT2D eigenvalue weighted by Gasteiger charge is 2.09. The number of benzene rings is 2. The van der Waals surface area contributed by atoms with E-state index >= 15 is 0 Å². The summed E-state index contributed by atoms with van der Waals surface area (Å²) in [5.41, 5.74) is 2.14. The summed E-state index contributed by atoms with van der Waals surface area (Å²) in [5, 5.41) is 6.74. The maximum Gasteiger partial charge on any atom is 0.246 e. The van der Waals surface area contributed by atoms with Crippen LogP contribution in [0.25, 0.3) is 11.4 Å². The van der Waals surface area contributed by atoms with Gasteiger partial charge in [-0.3, -0.25) is 4.79 Å². The van der Waals surface area contributed by atoms with Crippen molar-refractivity contribution < 1.29 is 9.32 Å². The lowest BCUT2D eigenvalue weighted by molar-refractivity contribution is -0.121. The Morgan fingerprint density at radius 2 is 1.71 bits per heavy atom. The number of carbonyl (C=O) groups is 1. The lowest BCUT2D eigenvalue weighted by Gasteiger charge is -2.02. The molecule has 2 aromatic carbocycles. The van der Waals surface area contributed by atoms with Crippen LogP contribution >= 0.6 is 0 Å². The maximum atomic E-state index is 11.9. The van der Waals surface area contributed by atoms with Crippen molar-refractivity contribution >= 4 is 5.91 Å². The first kappa shape index (κ1) is 15.9. The molecule has 0 aliphatic heterocycles. The van der Waals surface area contributed by atoms with E-state index in [0.29, 0.717) is 18.1 Å². The Labute approximate surface area is 140 Å². The van der Waals surface area contributed by atoms with E-state index in [1.54, 1.807) is 0 Å². The van der Waals surface area contributed by atoms with E-state index in [2.05, 4.69) is 27.6 Å². The second-order valence-electron chi connectivity index (χ2n) is 5.49. The van der Waals surface area contributed by atoms with Crippen molar-refractivity contribution in [2.45, 2.75) is 25.8 Å². The van der Waals surface area contributed by atoms with Crippen molar-refractivity contribution in [1.29, 1.82) is 0 Å². The molecule has 1 N–H and O–H groups in total. The van der Waals surface area contributed by atoms with Crippen molar-refractivity contribution in [3.8, 4) is 11.4 Å². The molecule has 0 spiro atoms. The van der Waals surface area contributed by atoms with Crippen molar-refractivity contribution in [2.24, 2.45) is 0 Å². The number of aromatic nitrogens is 2. The van der Waals surface area contributed by atoms with E-state index in [4.69, 9.17) is 4.52 Å². The molecular formula is C19H19N3O2. The second-order valence-corrected chi connectivity index (χ2v) is 5.49. The summed E-state index contributed by atoms with van der Waals surface area (Å²) in [4.78, 5) is 16.2. The number of hydrogen-bond acceptors (Lipinski definition) is 4. The molecule has 5 heteroatoms. The topological polar surface area (TPSA) is 68.0 Å². The molecule has 0 fully saturated rings. The number of carbonyl (C=O) groups excluding carboxylic acids is 1. The third-order valence-corrected chi connectivity index (χ3v) is 3.65. The maximum absolute atomic E-state index is 11.9. The third-order valence-electron chi connectivity index (χ3n) is 3.65. The van der Waals surface area contributed by atoms with Crippen molar-refractivity contribution in [2.75, 3.05) is 0 Å². The molecule has 1 amide bonds. The molecular weight excluding hydrogens is 302 g/mol. The largest absolute Gasteiger partial charge is 0.347 e. The standard InChI is InChI=1S/C19H19N3O2/c23-17(13-7-10-15-8-3-1-4-9-15)20-14-18-21-19(22-24-18)16-11-5-2-6-12-16/h1-6,8-9,11-12H,7,10,13-14H2,(H,20,23). The summed E-state index contributed by atoms with van der Waals surface area (Å²) in [6, 6.07) is 19.7. The second kappa shape index (κ2) is 8.06. The fraction of sp³-hybridized carbons (Fsp3) is 0.211. The number of rotatable bonds is 7. The normalized spacial score (nSPS) is 10.5. The molecule has 0 aliphatic carbocycles. The van der Waals surface area contributed by atoms with Gasteiger partial charge in [0.15, 0.2) is 0 Å². The number of hydrogen-bond donors (Lipinski definition) is 1. The summed E-state index contributed by atoms with van der Waals surface area (Å²) in [6.45, 7) is 0.254. The zero-order chi connectivity index (χ0) is 16.6. The summed E-state index contributed by atoms with van der Waals surface area (Å²) in [7, 11) is 0. The lowest BCUT2D eigenvalue weighted by Crippen LogP contribution is -2.22. The molecule has 3 aromatic rings. The number of nitrogens with one attached hydrogen (secondary N) is 1. The van der Waals surface area contributed by atoms with Gasteiger partial charge in [0.1, 0.15) is 0 Å². The summed E-state index contributed by atoms with van der Waals surface area (Å²) in [6.07, 6.45) is 2.19. The van der Waals surface area contributed by atoms with Crippen molar-refractivity contribution in [1.82, 2.24) is 15.5 Å². The first-order chi connectivity index (χ1) is 11.8. The molecule has 122 valence electrons. The van der Waals surface area contributed by atoms with Crippen LogP contribution in [0.1, 0.15) is 24.3 Å². The SMILES string of the molecule is O=C(CCCc1ccccc1)NCc1nc(-c2ccccc2)no1. The summed E-state index contributed by atoms with van der Waals surface area (Å²) >= 11 is 0. The van der Waals surface area contributed by atoms with Gasteiger partial charge in [0, 0.05) is 12.0 Å². The van der Waals surface area contributed by atoms with E-state index in [-0.39, 0.29) is 12.5 Å². The molecule has 1 heterocycles. The average Bonchev–Trinajstić information content (AvgIpc) is 3.11. The Bertz CT molecular complexity index is 770. The molecule has 0 unspecified atom stereocenters. The Balaban J connectivity index is 1.42. The van der Waals surface area contributed by atoms with Gasteiger partial charge in [-0.25, -0.2) is 0 Å². The van der Waals surface area contributed by atoms with Crippen molar-refractivity contribution in [3.05, 3.63) is 72.1 Å². The zero-order valence-electron chi connectivity index (χ0n) is 13.3. The number of amides is 1.